The van der Waals surface area contributed by atoms with Gasteiger partial charge in [0.2, 0.25) is 11.8 Å². The van der Waals surface area contributed by atoms with E-state index in [1.807, 2.05) is 54.6 Å². The minimum Gasteiger partial charge on any atom is -0.354 e. The second kappa shape index (κ2) is 9.84. The van der Waals surface area contributed by atoms with Crippen LogP contribution in [0.1, 0.15) is 18.1 Å². The maximum Gasteiger partial charge on any atom is 0.239 e. The zero-order valence-electron chi connectivity index (χ0n) is 14.4. The van der Waals surface area contributed by atoms with E-state index in [4.69, 9.17) is 11.6 Å². The highest BCUT2D eigenvalue weighted by Gasteiger charge is 2.13. The summed E-state index contributed by atoms with van der Waals surface area (Å²) in [6, 6.07) is 17.5. The van der Waals surface area contributed by atoms with E-state index in [9.17, 15) is 9.59 Å². The third-order valence-corrected chi connectivity index (χ3v) is 4.15. The topological polar surface area (TPSA) is 49.4 Å². The summed E-state index contributed by atoms with van der Waals surface area (Å²) >= 11 is 5.97. The fourth-order valence-corrected chi connectivity index (χ4v) is 2.74. The molecule has 2 rings (SSSR count). The van der Waals surface area contributed by atoms with Crippen molar-refractivity contribution in [3.8, 4) is 0 Å². The van der Waals surface area contributed by atoms with Crippen LogP contribution in [0.3, 0.4) is 0 Å². The lowest BCUT2D eigenvalue weighted by Gasteiger charge is -2.20. The largest absolute Gasteiger partial charge is 0.354 e. The van der Waals surface area contributed by atoms with Gasteiger partial charge in [-0.25, -0.2) is 0 Å². The molecule has 0 aliphatic heterocycles. The van der Waals surface area contributed by atoms with E-state index >= 15 is 0 Å². The van der Waals surface area contributed by atoms with Crippen LogP contribution < -0.4 is 5.32 Å². The van der Waals surface area contributed by atoms with E-state index in [1.165, 1.54) is 12.5 Å². The number of carbonyl (C=O) groups is 2. The summed E-state index contributed by atoms with van der Waals surface area (Å²) < 4.78 is 0. The van der Waals surface area contributed by atoms with Crippen molar-refractivity contribution in [2.45, 2.75) is 19.8 Å². The second-order valence-corrected chi connectivity index (χ2v) is 6.34. The number of rotatable bonds is 8. The molecule has 1 N–H and O–H groups in total. The number of benzene rings is 2. The number of hydrogen-bond donors (Lipinski definition) is 1. The number of hydrogen-bond acceptors (Lipinski definition) is 2. The second-order valence-electron chi connectivity index (χ2n) is 5.91. The van der Waals surface area contributed by atoms with Crippen molar-refractivity contribution in [3.63, 3.8) is 0 Å². The fraction of sp³-hybridized carbons (Fsp3) is 0.300. The molecule has 0 fully saturated rings. The van der Waals surface area contributed by atoms with Crippen molar-refractivity contribution in [1.82, 2.24) is 10.2 Å². The minimum absolute atomic E-state index is 0.0741. The van der Waals surface area contributed by atoms with Crippen LogP contribution in [0.2, 0.25) is 5.02 Å². The maximum absolute atomic E-state index is 12.1. The molecule has 132 valence electrons. The molecule has 2 aromatic carbocycles. The van der Waals surface area contributed by atoms with Gasteiger partial charge in [0.05, 0.1) is 6.54 Å². The third kappa shape index (κ3) is 6.98. The van der Waals surface area contributed by atoms with Gasteiger partial charge in [-0.1, -0.05) is 54.1 Å². The van der Waals surface area contributed by atoms with Crippen LogP contribution in [0.4, 0.5) is 0 Å². The van der Waals surface area contributed by atoms with Gasteiger partial charge in [0.15, 0.2) is 0 Å². The van der Waals surface area contributed by atoms with Crippen LogP contribution in [0, 0.1) is 0 Å². The van der Waals surface area contributed by atoms with Crippen molar-refractivity contribution in [1.29, 1.82) is 0 Å². The van der Waals surface area contributed by atoms with Crippen LogP contribution in [0.5, 0.6) is 0 Å². The summed E-state index contributed by atoms with van der Waals surface area (Å²) in [5.74, 6) is -0.252. The number of halogens is 1. The Bertz CT molecular complexity index is 704. The minimum atomic E-state index is -0.141. The summed E-state index contributed by atoms with van der Waals surface area (Å²) in [4.78, 5) is 25.4. The molecule has 2 aromatic rings. The molecule has 0 unspecified atom stereocenters. The van der Waals surface area contributed by atoms with Crippen molar-refractivity contribution in [3.05, 3.63) is 70.7 Å². The molecular formula is C20H23ClN2O2. The average molecular weight is 359 g/mol. The van der Waals surface area contributed by atoms with Gasteiger partial charge in [0.25, 0.3) is 0 Å². The fourth-order valence-electron chi connectivity index (χ4n) is 2.52. The summed E-state index contributed by atoms with van der Waals surface area (Å²) in [5.41, 5.74) is 2.22. The van der Waals surface area contributed by atoms with Crippen LogP contribution in [0.25, 0.3) is 0 Å². The predicted octanol–water partition coefficient (Wildman–Crippen LogP) is 3.09. The Morgan fingerprint density at radius 1 is 1.00 bits per heavy atom. The van der Waals surface area contributed by atoms with Gasteiger partial charge in [-0.3, -0.25) is 9.59 Å². The maximum atomic E-state index is 12.1. The lowest BCUT2D eigenvalue weighted by Crippen LogP contribution is -2.41. The van der Waals surface area contributed by atoms with Crippen LogP contribution in [-0.2, 0) is 22.4 Å². The number of amides is 2. The van der Waals surface area contributed by atoms with Gasteiger partial charge in [0, 0.05) is 25.0 Å². The molecular weight excluding hydrogens is 336 g/mol. The smallest absolute Gasteiger partial charge is 0.239 e. The summed E-state index contributed by atoms with van der Waals surface area (Å²) in [7, 11) is 0. The molecule has 0 aliphatic rings. The molecule has 0 bridgehead atoms. The van der Waals surface area contributed by atoms with Crippen molar-refractivity contribution in [2.24, 2.45) is 0 Å². The van der Waals surface area contributed by atoms with Crippen LogP contribution >= 0.6 is 11.6 Å². The molecule has 0 spiro atoms. The highest BCUT2D eigenvalue weighted by atomic mass is 35.5. The monoisotopic (exact) mass is 358 g/mol. The molecule has 0 saturated carbocycles. The molecule has 25 heavy (non-hydrogen) atoms. The van der Waals surface area contributed by atoms with E-state index in [1.54, 1.807) is 4.90 Å². The lowest BCUT2D eigenvalue weighted by atomic mass is 10.1. The first-order valence-electron chi connectivity index (χ1n) is 8.35. The van der Waals surface area contributed by atoms with Gasteiger partial charge >= 0.3 is 0 Å². The third-order valence-electron chi connectivity index (χ3n) is 3.92. The summed E-state index contributed by atoms with van der Waals surface area (Å²) in [5, 5.41) is 3.54. The number of nitrogens with one attached hydrogen (secondary N) is 1. The van der Waals surface area contributed by atoms with E-state index in [-0.39, 0.29) is 18.4 Å². The first-order chi connectivity index (χ1) is 12.0. The number of carbonyl (C=O) groups excluding carboxylic acids is 2. The molecule has 5 heteroatoms. The SMILES string of the molecule is CC(=O)N(CCc1cccc(Cl)c1)CC(=O)NCCc1ccccc1. The lowest BCUT2D eigenvalue weighted by molar-refractivity contribution is -0.134. The Morgan fingerprint density at radius 2 is 1.72 bits per heavy atom. The van der Waals surface area contributed by atoms with E-state index < -0.39 is 0 Å². The molecule has 0 atom stereocenters. The normalized spacial score (nSPS) is 10.3. The van der Waals surface area contributed by atoms with Gasteiger partial charge in [0.1, 0.15) is 0 Å². The van der Waals surface area contributed by atoms with Gasteiger partial charge in [-0.2, -0.15) is 0 Å². The highest BCUT2D eigenvalue weighted by Crippen LogP contribution is 2.11. The molecule has 2 amide bonds. The Balaban J connectivity index is 1.77. The summed E-state index contributed by atoms with van der Waals surface area (Å²) in [6.07, 6.45) is 1.44. The zero-order chi connectivity index (χ0) is 18.1. The average Bonchev–Trinajstić information content (AvgIpc) is 2.59. The molecule has 4 nitrogen and oxygen atoms in total. The zero-order valence-corrected chi connectivity index (χ0v) is 15.1. The molecule has 0 aromatic heterocycles. The first-order valence-corrected chi connectivity index (χ1v) is 8.73. The molecule has 0 aliphatic carbocycles. The van der Waals surface area contributed by atoms with Crippen molar-refractivity contribution in [2.75, 3.05) is 19.6 Å². The van der Waals surface area contributed by atoms with Gasteiger partial charge in [-0.05, 0) is 36.1 Å². The molecule has 0 radical (unpaired) electrons. The molecule has 0 heterocycles. The number of nitrogens with zero attached hydrogens (tertiary/aromatic N) is 1. The Hall–Kier alpha value is -2.33. The quantitative estimate of drug-likeness (QED) is 0.788. The van der Waals surface area contributed by atoms with E-state index in [0.717, 1.165) is 12.0 Å². The predicted molar refractivity (Wildman–Crippen MR) is 101 cm³/mol. The van der Waals surface area contributed by atoms with Crippen LogP contribution in [0.15, 0.2) is 54.6 Å². The van der Waals surface area contributed by atoms with E-state index in [2.05, 4.69) is 5.32 Å². The first kappa shape index (κ1) is 19.0. The van der Waals surface area contributed by atoms with Gasteiger partial charge in [-0.15, -0.1) is 0 Å². The Morgan fingerprint density at radius 3 is 2.40 bits per heavy atom. The van der Waals surface area contributed by atoms with Gasteiger partial charge < -0.3 is 10.2 Å². The van der Waals surface area contributed by atoms with Crippen molar-refractivity contribution >= 4 is 23.4 Å². The summed E-state index contributed by atoms with van der Waals surface area (Å²) in [6.45, 7) is 2.60. The molecule has 0 saturated heterocycles. The Labute approximate surface area is 153 Å². The van der Waals surface area contributed by atoms with Crippen LogP contribution in [-0.4, -0.2) is 36.3 Å². The Kier molecular flexibility index (Phi) is 7.48. The van der Waals surface area contributed by atoms with Crippen molar-refractivity contribution < 1.29 is 9.59 Å². The standard InChI is InChI=1S/C20H23ClN2O2/c1-16(24)23(13-11-18-8-5-9-19(21)14-18)15-20(25)22-12-10-17-6-3-2-4-7-17/h2-9,14H,10-13,15H2,1H3,(H,22,25). The van der Waals surface area contributed by atoms with E-state index in [0.29, 0.717) is 24.5 Å². The highest BCUT2D eigenvalue weighted by molar-refractivity contribution is 6.30.